The van der Waals surface area contributed by atoms with Gasteiger partial charge in [0.25, 0.3) is 0 Å². The van der Waals surface area contributed by atoms with Gasteiger partial charge < -0.3 is 10.4 Å². The lowest BCUT2D eigenvalue weighted by molar-refractivity contribution is -0.125. The molecule has 2 N–H and O–H groups in total. The first-order valence-electron chi connectivity index (χ1n) is 7.91. The number of carbonyl (C=O) groups is 1. The molecule has 0 saturated heterocycles. The molecule has 21 heavy (non-hydrogen) atoms. The summed E-state index contributed by atoms with van der Waals surface area (Å²) >= 11 is 1.85. The van der Waals surface area contributed by atoms with Gasteiger partial charge in [-0.1, -0.05) is 12.8 Å². The predicted molar refractivity (Wildman–Crippen MR) is 84.3 cm³/mol. The number of rotatable bonds is 5. The van der Waals surface area contributed by atoms with Crippen LogP contribution in [0.25, 0.3) is 0 Å². The Balaban J connectivity index is 1.37. The van der Waals surface area contributed by atoms with Crippen molar-refractivity contribution in [2.45, 2.75) is 50.7 Å². The minimum atomic E-state index is -0.735. The monoisotopic (exact) mass is 308 g/mol. The van der Waals surface area contributed by atoms with E-state index in [-0.39, 0.29) is 12.3 Å². The van der Waals surface area contributed by atoms with Gasteiger partial charge in [-0.25, -0.2) is 0 Å². The Morgan fingerprint density at radius 1 is 1.43 bits per heavy atom. The van der Waals surface area contributed by atoms with Crippen LogP contribution in [0.5, 0.6) is 0 Å². The maximum absolute atomic E-state index is 11.9. The molecule has 2 heterocycles. The normalized spacial score (nSPS) is 21.2. The van der Waals surface area contributed by atoms with Gasteiger partial charge in [0.15, 0.2) is 0 Å². The van der Waals surface area contributed by atoms with Crippen molar-refractivity contribution in [3.63, 3.8) is 0 Å². The zero-order valence-corrected chi connectivity index (χ0v) is 13.3. The molecule has 1 aromatic rings. The largest absolute Gasteiger partial charge is 0.389 e. The highest BCUT2D eigenvalue weighted by atomic mass is 32.1. The average molecular weight is 308 g/mol. The number of nitrogens with zero attached hydrogens (tertiary/aromatic N) is 1. The van der Waals surface area contributed by atoms with Crippen molar-refractivity contribution < 1.29 is 9.90 Å². The molecule has 1 fully saturated rings. The van der Waals surface area contributed by atoms with Crippen molar-refractivity contribution in [2.24, 2.45) is 0 Å². The first-order valence-corrected chi connectivity index (χ1v) is 8.79. The number of nitrogens with one attached hydrogen (secondary N) is 1. The summed E-state index contributed by atoms with van der Waals surface area (Å²) in [5.41, 5.74) is 0.707. The SMILES string of the molecule is O=C(CC1(O)CCCC1)NCCN1CCc2sccc2C1. The van der Waals surface area contributed by atoms with E-state index in [0.29, 0.717) is 6.54 Å². The van der Waals surface area contributed by atoms with Crippen molar-refractivity contribution in [3.8, 4) is 0 Å². The van der Waals surface area contributed by atoms with Crippen LogP contribution < -0.4 is 5.32 Å². The van der Waals surface area contributed by atoms with E-state index >= 15 is 0 Å². The lowest BCUT2D eigenvalue weighted by atomic mass is 9.98. The molecule has 5 heteroatoms. The third kappa shape index (κ3) is 3.84. The lowest BCUT2D eigenvalue weighted by Crippen LogP contribution is -2.40. The van der Waals surface area contributed by atoms with Gasteiger partial charge in [0.05, 0.1) is 12.0 Å². The van der Waals surface area contributed by atoms with Crippen LogP contribution >= 0.6 is 11.3 Å². The molecule has 1 aromatic heterocycles. The molecule has 0 bridgehead atoms. The fraction of sp³-hybridized carbons (Fsp3) is 0.688. The first kappa shape index (κ1) is 15.0. The Kier molecular flexibility index (Phi) is 4.62. The third-order valence-corrected chi connectivity index (χ3v) is 5.68. The molecule has 1 saturated carbocycles. The summed E-state index contributed by atoms with van der Waals surface area (Å²) in [6, 6.07) is 2.21. The Hall–Kier alpha value is -0.910. The summed E-state index contributed by atoms with van der Waals surface area (Å²) in [5.74, 6) is -0.00682. The zero-order chi connectivity index (χ0) is 14.7. The van der Waals surface area contributed by atoms with Crippen LogP contribution in [-0.2, 0) is 17.8 Å². The van der Waals surface area contributed by atoms with Crippen LogP contribution in [0.2, 0.25) is 0 Å². The number of aliphatic hydroxyl groups is 1. The molecule has 0 radical (unpaired) electrons. The summed E-state index contributed by atoms with van der Waals surface area (Å²) in [6.07, 6.45) is 5.02. The van der Waals surface area contributed by atoms with E-state index in [2.05, 4.69) is 21.7 Å². The quantitative estimate of drug-likeness (QED) is 0.874. The van der Waals surface area contributed by atoms with Gasteiger partial charge in [-0.3, -0.25) is 9.69 Å². The molecule has 1 amide bonds. The maximum atomic E-state index is 11.9. The summed E-state index contributed by atoms with van der Waals surface area (Å²) in [5, 5.41) is 15.4. The highest BCUT2D eigenvalue weighted by Gasteiger charge is 2.33. The fourth-order valence-corrected chi connectivity index (χ4v) is 4.31. The maximum Gasteiger partial charge on any atom is 0.222 e. The van der Waals surface area contributed by atoms with Gasteiger partial charge >= 0.3 is 0 Å². The number of thiophene rings is 1. The van der Waals surface area contributed by atoms with Gasteiger partial charge in [0.1, 0.15) is 0 Å². The minimum absolute atomic E-state index is 0.00682. The summed E-state index contributed by atoms with van der Waals surface area (Å²) < 4.78 is 0. The van der Waals surface area contributed by atoms with Crippen LogP contribution in [0.3, 0.4) is 0 Å². The first-order chi connectivity index (χ1) is 10.1. The minimum Gasteiger partial charge on any atom is -0.389 e. The highest BCUT2D eigenvalue weighted by molar-refractivity contribution is 7.10. The molecule has 3 rings (SSSR count). The second kappa shape index (κ2) is 6.46. The van der Waals surface area contributed by atoms with Crippen molar-refractivity contribution in [2.75, 3.05) is 19.6 Å². The smallest absolute Gasteiger partial charge is 0.222 e. The molecule has 0 spiro atoms. The Labute approximate surface area is 130 Å². The molecule has 1 aliphatic carbocycles. The molecule has 0 atom stereocenters. The van der Waals surface area contributed by atoms with Gasteiger partial charge in [0.2, 0.25) is 5.91 Å². The molecule has 4 nitrogen and oxygen atoms in total. The zero-order valence-electron chi connectivity index (χ0n) is 12.4. The van der Waals surface area contributed by atoms with E-state index < -0.39 is 5.60 Å². The molecule has 0 aromatic carbocycles. The van der Waals surface area contributed by atoms with Crippen LogP contribution in [0.4, 0.5) is 0 Å². The highest BCUT2D eigenvalue weighted by Crippen LogP contribution is 2.32. The van der Waals surface area contributed by atoms with Crippen molar-refractivity contribution in [1.82, 2.24) is 10.2 Å². The molecule has 116 valence electrons. The Bertz CT molecular complexity index is 494. The summed E-state index contributed by atoms with van der Waals surface area (Å²) in [6.45, 7) is 3.64. The van der Waals surface area contributed by atoms with Crippen LogP contribution in [0.1, 0.15) is 42.5 Å². The van der Waals surface area contributed by atoms with E-state index in [1.54, 1.807) is 0 Å². The van der Waals surface area contributed by atoms with Crippen molar-refractivity contribution in [3.05, 3.63) is 21.9 Å². The summed E-state index contributed by atoms with van der Waals surface area (Å²) in [7, 11) is 0. The number of fused-ring (bicyclic) bond motifs is 1. The molecule has 2 aliphatic rings. The van der Waals surface area contributed by atoms with Crippen LogP contribution in [0.15, 0.2) is 11.4 Å². The number of hydrogen-bond donors (Lipinski definition) is 2. The topological polar surface area (TPSA) is 52.6 Å². The molecular weight excluding hydrogens is 284 g/mol. The molecular formula is C16H24N2O2S. The second-order valence-electron chi connectivity index (χ2n) is 6.35. The van der Waals surface area contributed by atoms with Crippen molar-refractivity contribution >= 4 is 17.2 Å². The third-order valence-electron chi connectivity index (χ3n) is 4.66. The molecule has 0 unspecified atom stereocenters. The molecule has 1 aliphatic heterocycles. The van der Waals surface area contributed by atoms with Crippen LogP contribution in [-0.4, -0.2) is 41.1 Å². The van der Waals surface area contributed by atoms with E-state index in [4.69, 9.17) is 0 Å². The fourth-order valence-electron chi connectivity index (χ4n) is 3.42. The number of carbonyl (C=O) groups excluding carboxylic acids is 1. The lowest BCUT2D eigenvalue weighted by Gasteiger charge is -2.27. The van der Waals surface area contributed by atoms with E-state index in [1.807, 2.05) is 11.3 Å². The Morgan fingerprint density at radius 2 is 2.24 bits per heavy atom. The van der Waals surface area contributed by atoms with E-state index in [1.165, 1.54) is 10.4 Å². The van der Waals surface area contributed by atoms with E-state index in [9.17, 15) is 9.90 Å². The van der Waals surface area contributed by atoms with Gasteiger partial charge in [-0.15, -0.1) is 11.3 Å². The van der Waals surface area contributed by atoms with Gasteiger partial charge in [-0.05, 0) is 36.3 Å². The summed E-state index contributed by atoms with van der Waals surface area (Å²) in [4.78, 5) is 15.8. The Morgan fingerprint density at radius 3 is 3.05 bits per heavy atom. The van der Waals surface area contributed by atoms with E-state index in [0.717, 1.165) is 51.7 Å². The second-order valence-corrected chi connectivity index (χ2v) is 7.35. The predicted octanol–water partition coefficient (Wildman–Crippen LogP) is 1.92. The van der Waals surface area contributed by atoms with Gasteiger partial charge in [0, 0.05) is 31.1 Å². The standard InChI is InChI=1S/C16H24N2O2S/c19-15(11-16(20)5-1-2-6-16)17-7-9-18-8-3-14-13(12-18)4-10-21-14/h4,10,20H,1-3,5-9,11-12H2,(H,17,19). The van der Waals surface area contributed by atoms with Crippen molar-refractivity contribution in [1.29, 1.82) is 0 Å². The van der Waals surface area contributed by atoms with Crippen LogP contribution in [0, 0.1) is 0 Å². The van der Waals surface area contributed by atoms with Gasteiger partial charge in [-0.2, -0.15) is 0 Å². The number of amides is 1. The average Bonchev–Trinajstić information content (AvgIpc) is 3.07. The number of hydrogen-bond acceptors (Lipinski definition) is 4.